The number of β-amino-alcohol motifs (C(OH)–C–C–N with tert-alkyl or cyclic N) is 1. The number of nitrogens with zero attached hydrogens (tertiary/aromatic N) is 1. The summed E-state index contributed by atoms with van der Waals surface area (Å²) < 4.78 is 0. The van der Waals surface area contributed by atoms with Gasteiger partial charge in [-0.25, -0.2) is 0 Å². The van der Waals surface area contributed by atoms with Crippen LogP contribution >= 0.6 is 0 Å². The highest BCUT2D eigenvalue weighted by atomic mass is 16.3. The first-order valence-corrected chi connectivity index (χ1v) is 4.16. The van der Waals surface area contributed by atoms with Gasteiger partial charge in [-0.2, -0.15) is 0 Å². The zero-order valence-corrected chi connectivity index (χ0v) is 6.79. The molecule has 0 radical (unpaired) electrons. The molecule has 0 bridgehead atoms. The first-order chi connectivity index (χ1) is 5.36. The van der Waals surface area contributed by atoms with Gasteiger partial charge in [-0.05, 0) is 25.9 Å². The van der Waals surface area contributed by atoms with Crippen LogP contribution in [-0.2, 0) is 0 Å². The Labute approximate surface area is 67.3 Å². The molecule has 0 aliphatic carbocycles. The number of likely N-dealkylation sites (tertiary alicyclic amines) is 1. The van der Waals surface area contributed by atoms with Crippen molar-refractivity contribution in [1.29, 1.82) is 0 Å². The first-order valence-electron chi connectivity index (χ1n) is 4.16. The first kappa shape index (κ1) is 8.93. The molecule has 1 heterocycles. The second-order valence-corrected chi connectivity index (χ2v) is 3.01. The van der Waals surface area contributed by atoms with E-state index in [2.05, 4.69) is 10.3 Å². The summed E-state index contributed by atoms with van der Waals surface area (Å²) in [6.45, 7) is 3.17. The van der Waals surface area contributed by atoms with Gasteiger partial charge in [0.15, 0.2) is 0 Å². The SMILES string of the molecule is NNC1CCN(CCO)CC1. The van der Waals surface area contributed by atoms with Crippen LogP contribution in [0.2, 0.25) is 0 Å². The zero-order valence-electron chi connectivity index (χ0n) is 6.79. The fourth-order valence-electron chi connectivity index (χ4n) is 1.46. The normalized spacial score (nSPS) is 22.4. The molecule has 0 aromatic rings. The Morgan fingerprint density at radius 3 is 2.55 bits per heavy atom. The Hall–Kier alpha value is -0.160. The number of rotatable bonds is 3. The maximum Gasteiger partial charge on any atom is 0.0558 e. The van der Waals surface area contributed by atoms with Crippen molar-refractivity contribution >= 4 is 0 Å². The van der Waals surface area contributed by atoms with Crippen LogP contribution in [0, 0.1) is 0 Å². The molecule has 4 N–H and O–H groups in total. The Morgan fingerprint density at radius 1 is 1.45 bits per heavy atom. The third-order valence-electron chi connectivity index (χ3n) is 2.24. The molecular formula is C7H17N3O. The second-order valence-electron chi connectivity index (χ2n) is 3.01. The summed E-state index contributed by atoms with van der Waals surface area (Å²) in [6.07, 6.45) is 2.19. The molecule has 1 saturated heterocycles. The minimum atomic E-state index is 0.265. The van der Waals surface area contributed by atoms with E-state index in [1.54, 1.807) is 0 Å². The van der Waals surface area contributed by atoms with E-state index in [0.29, 0.717) is 6.04 Å². The van der Waals surface area contributed by atoms with Gasteiger partial charge in [-0.1, -0.05) is 0 Å². The number of hydrogen-bond acceptors (Lipinski definition) is 4. The summed E-state index contributed by atoms with van der Waals surface area (Å²) in [6, 6.07) is 0.477. The van der Waals surface area contributed by atoms with Crippen LogP contribution in [0.4, 0.5) is 0 Å². The smallest absolute Gasteiger partial charge is 0.0558 e. The molecule has 11 heavy (non-hydrogen) atoms. The van der Waals surface area contributed by atoms with Gasteiger partial charge in [0.25, 0.3) is 0 Å². The summed E-state index contributed by atoms with van der Waals surface area (Å²) in [5.41, 5.74) is 2.78. The average Bonchev–Trinajstić information content (AvgIpc) is 2.07. The van der Waals surface area contributed by atoms with Gasteiger partial charge in [-0.15, -0.1) is 0 Å². The van der Waals surface area contributed by atoms with Crippen molar-refractivity contribution in [2.45, 2.75) is 18.9 Å². The van der Waals surface area contributed by atoms with E-state index in [0.717, 1.165) is 32.5 Å². The molecule has 0 saturated carbocycles. The zero-order chi connectivity index (χ0) is 8.10. The van der Waals surface area contributed by atoms with E-state index >= 15 is 0 Å². The highest BCUT2D eigenvalue weighted by Gasteiger charge is 2.16. The molecule has 1 aliphatic rings. The highest BCUT2D eigenvalue weighted by molar-refractivity contribution is 4.74. The van der Waals surface area contributed by atoms with Crippen molar-refractivity contribution in [2.75, 3.05) is 26.2 Å². The lowest BCUT2D eigenvalue weighted by Gasteiger charge is -2.30. The third kappa shape index (κ3) is 2.75. The van der Waals surface area contributed by atoms with Crippen molar-refractivity contribution < 1.29 is 5.11 Å². The molecule has 1 rings (SSSR count). The van der Waals surface area contributed by atoms with Gasteiger partial charge in [0.2, 0.25) is 0 Å². The molecule has 0 atom stereocenters. The van der Waals surface area contributed by atoms with Crippen molar-refractivity contribution in [3.05, 3.63) is 0 Å². The number of nitrogens with one attached hydrogen (secondary N) is 1. The van der Waals surface area contributed by atoms with E-state index < -0.39 is 0 Å². The fraction of sp³-hybridized carbons (Fsp3) is 1.00. The maximum absolute atomic E-state index is 8.66. The maximum atomic E-state index is 8.66. The van der Waals surface area contributed by atoms with Gasteiger partial charge in [0, 0.05) is 12.6 Å². The minimum absolute atomic E-state index is 0.265. The molecule has 0 unspecified atom stereocenters. The second kappa shape index (κ2) is 4.66. The van der Waals surface area contributed by atoms with E-state index in [4.69, 9.17) is 10.9 Å². The third-order valence-corrected chi connectivity index (χ3v) is 2.24. The van der Waals surface area contributed by atoms with E-state index in [9.17, 15) is 0 Å². The van der Waals surface area contributed by atoms with Crippen LogP contribution < -0.4 is 11.3 Å². The number of nitrogens with two attached hydrogens (primary N) is 1. The predicted octanol–water partition coefficient (Wildman–Crippen LogP) is -1.09. The Balaban J connectivity index is 2.14. The van der Waals surface area contributed by atoms with Crippen LogP contribution in [-0.4, -0.2) is 42.3 Å². The van der Waals surface area contributed by atoms with Crippen molar-refractivity contribution in [2.24, 2.45) is 5.84 Å². The summed E-state index contributed by atoms with van der Waals surface area (Å²) in [5, 5.41) is 8.66. The molecular weight excluding hydrogens is 142 g/mol. The molecule has 4 heteroatoms. The van der Waals surface area contributed by atoms with Gasteiger partial charge in [0.05, 0.1) is 6.61 Å². The van der Waals surface area contributed by atoms with E-state index in [-0.39, 0.29) is 6.61 Å². The van der Waals surface area contributed by atoms with E-state index in [1.165, 1.54) is 0 Å². The van der Waals surface area contributed by atoms with Crippen LogP contribution in [0.5, 0.6) is 0 Å². The van der Waals surface area contributed by atoms with Crippen LogP contribution in [0.25, 0.3) is 0 Å². The molecule has 0 aromatic carbocycles. The summed E-state index contributed by atoms with van der Waals surface area (Å²) in [7, 11) is 0. The van der Waals surface area contributed by atoms with E-state index in [1.807, 2.05) is 0 Å². The summed E-state index contributed by atoms with van der Waals surface area (Å²) in [4.78, 5) is 2.26. The average molecular weight is 159 g/mol. The topological polar surface area (TPSA) is 61.5 Å². The van der Waals surface area contributed by atoms with Gasteiger partial charge in [0.1, 0.15) is 0 Å². The quantitative estimate of drug-likeness (QED) is 0.361. The molecule has 4 nitrogen and oxygen atoms in total. The molecule has 1 aliphatic heterocycles. The Bertz CT molecular complexity index is 102. The minimum Gasteiger partial charge on any atom is -0.395 e. The lowest BCUT2D eigenvalue weighted by atomic mass is 10.1. The number of hydrazine groups is 1. The van der Waals surface area contributed by atoms with Crippen molar-refractivity contribution in [1.82, 2.24) is 10.3 Å². The molecule has 1 fully saturated rings. The van der Waals surface area contributed by atoms with Crippen LogP contribution in [0.3, 0.4) is 0 Å². The van der Waals surface area contributed by atoms with Crippen LogP contribution in [0.15, 0.2) is 0 Å². The molecule has 0 amide bonds. The predicted molar refractivity (Wildman–Crippen MR) is 43.9 cm³/mol. The fourth-order valence-corrected chi connectivity index (χ4v) is 1.46. The Kier molecular flexibility index (Phi) is 3.79. The standard InChI is InChI=1S/C7H17N3O/c8-9-7-1-3-10(4-2-7)5-6-11/h7,9,11H,1-6,8H2. The summed E-state index contributed by atoms with van der Waals surface area (Å²) in [5.74, 6) is 5.30. The van der Waals surface area contributed by atoms with Crippen LogP contribution in [0.1, 0.15) is 12.8 Å². The monoisotopic (exact) mass is 159 g/mol. The highest BCUT2D eigenvalue weighted by Crippen LogP contribution is 2.08. The van der Waals surface area contributed by atoms with Gasteiger partial charge >= 0.3 is 0 Å². The molecule has 66 valence electrons. The van der Waals surface area contributed by atoms with Crippen molar-refractivity contribution in [3.63, 3.8) is 0 Å². The number of hydrogen-bond donors (Lipinski definition) is 3. The lowest BCUT2D eigenvalue weighted by molar-refractivity contribution is 0.157. The summed E-state index contributed by atoms with van der Waals surface area (Å²) >= 11 is 0. The largest absolute Gasteiger partial charge is 0.395 e. The number of aliphatic hydroxyl groups excluding tert-OH is 1. The van der Waals surface area contributed by atoms with Crippen molar-refractivity contribution in [3.8, 4) is 0 Å². The lowest BCUT2D eigenvalue weighted by Crippen LogP contribution is -2.45. The molecule has 0 aromatic heterocycles. The molecule has 0 spiro atoms. The van der Waals surface area contributed by atoms with Gasteiger partial charge in [-0.3, -0.25) is 11.3 Å². The number of aliphatic hydroxyl groups is 1. The Morgan fingerprint density at radius 2 is 2.09 bits per heavy atom. The number of piperidine rings is 1. The van der Waals surface area contributed by atoms with Gasteiger partial charge < -0.3 is 10.0 Å².